The van der Waals surface area contributed by atoms with Crippen LogP contribution in [-0.2, 0) is 14.8 Å². The first-order chi connectivity index (χ1) is 18.7. The van der Waals surface area contributed by atoms with Crippen molar-refractivity contribution in [2.45, 2.75) is 26.7 Å². The molecule has 4 aromatic rings. The number of benzene rings is 1. The zero-order valence-electron chi connectivity index (χ0n) is 21.6. The van der Waals surface area contributed by atoms with Gasteiger partial charge in [0, 0.05) is 31.2 Å². The van der Waals surface area contributed by atoms with E-state index in [1.54, 1.807) is 6.07 Å². The van der Waals surface area contributed by atoms with Crippen molar-refractivity contribution in [3.05, 3.63) is 48.5 Å². The third-order valence-electron chi connectivity index (χ3n) is 5.14. The molecule has 3 aromatic heterocycles. The van der Waals surface area contributed by atoms with Gasteiger partial charge in [0.15, 0.2) is 17.5 Å². The average molecular weight is 561 g/mol. The van der Waals surface area contributed by atoms with Crippen molar-refractivity contribution in [2.75, 3.05) is 41.8 Å². The number of alkyl halides is 1. The average Bonchev–Trinajstić information content (AvgIpc) is 2.92. The van der Waals surface area contributed by atoms with Gasteiger partial charge in [-0.2, -0.15) is 0 Å². The quantitative estimate of drug-likeness (QED) is 0.241. The minimum Gasteiger partial charge on any atom is -0.382 e. The monoisotopic (exact) mass is 560 g/mol. The maximum absolute atomic E-state index is 15.1. The summed E-state index contributed by atoms with van der Waals surface area (Å²) in [6, 6.07) is 7.30. The molecule has 0 atom stereocenters. The number of ether oxygens (including phenoxy) is 1. The van der Waals surface area contributed by atoms with Crippen molar-refractivity contribution in [3.8, 4) is 22.6 Å². The maximum Gasteiger partial charge on any atom is 0.232 e. The van der Waals surface area contributed by atoms with Crippen LogP contribution >= 0.6 is 0 Å². The van der Waals surface area contributed by atoms with E-state index < -0.39 is 28.3 Å². The molecule has 1 aromatic carbocycles. The van der Waals surface area contributed by atoms with Crippen LogP contribution in [0, 0.1) is 5.82 Å². The highest BCUT2D eigenvalue weighted by Gasteiger charge is 2.18. The number of nitrogens with two attached hydrogens (primary N) is 2. The van der Waals surface area contributed by atoms with E-state index in [1.807, 2.05) is 6.92 Å². The van der Waals surface area contributed by atoms with Crippen LogP contribution in [0.4, 0.5) is 26.2 Å². The number of hydrogen-bond acceptors (Lipinski definition) is 10. The number of sulfonamides is 1. The predicted octanol–water partition coefficient (Wildman–Crippen LogP) is 3.99. The van der Waals surface area contributed by atoms with Gasteiger partial charge in [0.1, 0.15) is 5.52 Å². The van der Waals surface area contributed by atoms with E-state index in [1.165, 1.54) is 36.7 Å². The smallest absolute Gasteiger partial charge is 0.232 e. The number of fused-ring (bicyclic) bond motifs is 1. The molecule has 0 amide bonds. The molecule has 0 saturated carbocycles. The Morgan fingerprint density at radius 3 is 2.41 bits per heavy atom. The molecule has 3 heterocycles. The largest absolute Gasteiger partial charge is 0.382 e. The number of nitrogens with zero attached hydrogens (tertiary/aromatic N) is 5. The SMILES string of the molecule is CCCOCC.Nc1ncc(-c2nc(N)c3nc(-c4cccc(NS(=O)(=O)CCCF)c4F)ccc3n2)cn1. The Balaban J connectivity index is 0.000000631. The summed E-state index contributed by atoms with van der Waals surface area (Å²) >= 11 is 0. The minimum atomic E-state index is -3.90. The molecule has 0 saturated heterocycles. The van der Waals surface area contributed by atoms with Crippen molar-refractivity contribution in [3.63, 3.8) is 0 Å². The summed E-state index contributed by atoms with van der Waals surface area (Å²) in [4.78, 5) is 20.8. The first-order valence-corrected chi connectivity index (χ1v) is 13.8. The number of halogens is 2. The first-order valence-electron chi connectivity index (χ1n) is 12.1. The van der Waals surface area contributed by atoms with Crippen molar-refractivity contribution in [2.24, 2.45) is 0 Å². The fraction of sp³-hybridized carbons (Fsp3) is 0.320. The minimum absolute atomic E-state index is 0.0398. The Morgan fingerprint density at radius 1 is 1.03 bits per heavy atom. The molecule has 0 radical (unpaired) electrons. The van der Waals surface area contributed by atoms with Crippen LogP contribution in [-0.4, -0.2) is 59.0 Å². The normalized spacial score (nSPS) is 11.2. The van der Waals surface area contributed by atoms with E-state index in [0.717, 1.165) is 19.6 Å². The van der Waals surface area contributed by atoms with Gasteiger partial charge in [0.05, 0.1) is 34.9 Å². The molecule has 208 valence electrons. The van der Waals surface area contributed by atoms with E-state index >= 15 is 4.39 Å². The Morgan fingerprint density at radius 2 is 1.77 bits per heavy atom. The lowest BCUT2D eigenvalue weighted by Crippen LogP contribution is -2.18. The highest BCUT2D eigenvalue weighted by atomic mass is 32.2. The number of rotatable bonds is 10. The molecular weight excluding hydrogens is 530 g/mol. The summed E-state index contributed by atoms with van der Waals surface area (Å²) in [5.41, 5.74) is 12.7. The van der Waals surface area contributed by atoms with Crippen LogP contribution in [0.1, 0.15) is 26.7 Å². The van der Waals surface area contributed by atoms with Gasteiger partial charge in [-0.15, -0.1) is 0 Å². The van der Waals surface area contributed by atoms with Gasteiger partial charge < -0.3 is 16.2 Å². The third kappa shape index (κ3) is 7.97. The van der Waals surface area contributed by atoms with Gasteiger partial charge in [0.2, 0.25) is 16.0 Å². The van der Waals surface area contributed by atoms with Gasteiger partial charge in [-0.1, -0.05) is 13.0 Å². The van der Waals surface area contributed by atoms with E-state index in [9.17, 15) is 12.8 Å². The van der Waals surface area contributed by atoms with Gasteiger partial charge >= 0.3 is 0 Å². The topological polar surface area (TPSA) is 172 Å². The highest BCUT2D eigenvalue weighted by molar-refractivity contribution is 7.92. The molecule has 0 spiro atoms. The van der Waals surface area contributed by atoms with Crippen LogP contribution in [0.3, 0.4) is 0 Å². The number of nitrogens with one attached hydrogen (secondary N) is 1. The second-order valence-electron chi connectivity index (χ2n) is 8.15. The molecular formula is C25H30F2N8O3S. The number of anilines is 3. The zero-order valence-corrected chi connectivity index (χ0v) is 22.4. The van der Waals surface area contributed by atoms with Crippen LogP contribution in [0.2, 0.25) is 0 Å². The highest BCUT2D eigenvalue weighted by Crippen LogP contribution is 2.30. The van der Waals surface area contributed by atoms with E-state index in [4.69, 9.17) is 16.2 Å². The fourth-order valence-electron chi connectivity index (χ4n) is 3.33. The number of nitrogen functional groups attached to an aromatic ring is 2. The molecule has 0 aliphatic heterocycles. The third-order valence-corrected chi connectivity index (χ3v) is 6.50. The van der Waals surface area contributed by atoms with Crippen molar-refractivity contribution < 1.29 is 21.9 Å². The zero-order chi connectivity index (χ0) is 28.4. The van der Waals surface area contributed by atoms with E-state index in [0.29, 0.717) is 11.1 Å². The summed E-state index contributed by atoms with van der Waals surface area (Å²) in [6.07, 6.45) is 3.86. The van der Waals surface area contributed by atoms with Gasteiger partial charge in [-0.3, -0.25) is 9.11 Å². The first kappa shape index (κ1) is 29.5. The molecule has 0 aliphatic carbocycles. The standard InChI is InChI=1S/C20H18F2N8O2S.C5H12O/c21-7-2-8-33(31,32)30-14-4-1-3-12(16(14)22)13-5-6-15-17(27-13)18(23)29-19(28-15)11-9-25-20(24)26-10-11;1-3-5-6-4-2/h1,3-6,9-10,30H,2,7-8H2,(H2,23,28,29)(H2,24,25,26);3-5H2,1-2H3. The molecule has 14 heteroatoms. The van der Waals surface area contributed by atoms with Crippen molar-refractivity contribution >= 4 is 38.5 Å². The van der Waals surface area contributed by atoms with Crippen LogP contribution in [0.25, 0.3) is 33.7 Å². The lowest BCUT2D eigenvalue weighted by Gasteiger charge is -2.12. The lowest BCUT2D eigenvalue weighted by atomic mass is 10.1. The van der Waals surface area contributed by atoms with E-state index in [2.05, 4.69) is 36.6 Å². The summed E-state index contributed by atoms with van der Waals surface area (Å²) < 4.78 is 58.6. The molecule has 0 bridgehead atoms. The fourth-order valence-corrected chi connectivity index (χ4v) is 4.41. The van der Waals surface area contributed by atoms with E-state index in [-0.39, 0.29) is 46.5 Å². The van der Waals surface area contributed by atoms with Crippen LogP contribution in [0.15, 0.2) is 42.7 Å². The number of hydrogen-bond donors (Lipinski definition) is 3. The summed E-state index contributed by atoms with van der Waals surface area (Å²) in [7, 11) is -3.90. The van der Waals surface area contributed by atoms with Gasteiger partial charge in [-0.05, 0) is 44.0 Å². The molecule has 4 rings (SSSR count). The lowest BCUT2D eigenvalue weighted by molar-refractivity contribution is 0.148. The van der Waals surface area contributed by atoms with Gasteiger partial charge in [-0.25, -0.2) is 37.7 Å². The Kier molecular flexibility index (Phi) is 10.3. The second kappa shape index (κ2) is 13.7. The Labute approximate surface area is 225 Å². The molecule has 39 heavy (non-hydrogen) atoms. The molecule has 5 N–H and O–H groups in total. The molecule has 0 aliphatic rings. The maximum atomic E-state index is 15.1. The molecule has 11 nitrogen and oxygen atoms in total. The van der Waals surface area contributed by atoms with Crippen LogP contribution in [0.5, 0.6) is 0 Å². The van der Waals surface area contributed by atoms with Crippen molar-refractivity contribution in [1.29, 1.82) is 0 Å². The number of aromatic nitrogens is 5. The Bertz CT molecular complexity index is 1500. The van der Waals surface area contributed by atoms with Crippen LogP contribution < -0.4 is 16.2 Å². The predicted molar refractivity (Wildman–Crippen MR) is 147 cm³/mol. The molecule has 0 fully saturated rings. The molecule has 0 unspecified atom stereocenters. The van der Waals surface area contributed by atoms with Crippen molar-refractivity contribution in [1.82, 2.24) is 24.9 Å². The number of pyridine rings is 1. The summed E-state index contributed by atoms with van der Waals surface area (Å²) in [5, 5.41) is 0. The summed E-state index contributed by atoms with van der Waals surface area (Å²) in [5.74, 6) is -0.866. The second-order valence-corrected chi connectivity index (χ2v) is 10.00. The van der Waals surface area contributed by atoms with Gasteiger partial charge in [0.25, 0.3) is 0 Å². The Hall–Kier alpha value is -4.04. The summed E-state index contributed by atoms with van der Waals surface area (Å²) in [6.45, 7) is 5.09.